The van der Waals surface area contributed by atoms with Crippen LogP contribution in [-0.4, -0.2) is 219 Å². The third-order valence-electron chi connectivity index (χ3n) is 17.0. The molecule has 10 unspecified atom stereocenters. The summed E-state index contributed by atoms with van der Waals surface area (Å²) >= 11 is 4.96. The molecule has 4 aliphatic rings. The summed E-state index contributed by atoms with van der Waals surface area (Å²) in [6.07, 6.45) is -7.23. The van der Waals surface area contributed by atoms with Crippen LogP contribution in [0.25, 0.3) is 49.3 Å². The van der Waals surface area contributed by atoms with Crippen LogP contribution in [0.1, 0.15) is 125 Å². The molecule has 0 aliphatic carbocycles. The molecule has 7 aromatic heterocycles. The number of likely N-dealkylation sites (N-methyl/N-ethyl adjacent to an activating group) is 2. The van der Waals surface area contributed by atoms with E-state index >= 15 is 19.2 Å². The number of allylic oxidation sites excluding steroid dienone is 1. The molecule has 1 aromatic carbocycles. The van der Waals surface area contributed by atoms with Crippen molar-refractivity contribution in [2.24, 2.45) is 0 Å². The lowest BCUT2D eigenvalue weighted by Gasteiger charge is -2.48. The second-order valence-corrected chi connectivity index (χ2v) is 29.3. The van der Waals surface area contributed by atoms with Gasteiger partial charge in [-0.15, -0.1) is 56.7 Å². The molecule has 4 aliphatic heterocycles. The van der Waals surface area contributed by atoms with Crippen LogP contribution in [-0.2, 0) is 56.0 Å². The Morgan fingerprint density at radius 3 is 2.20 bits per heavy atom. The fraction of sp³-hybridized carbons (Fsp3) is 0.415. The van der Waals surface area contributed by atoms with Gasteiger partial charge in [0, 0.05) is 68.4 Å². The van der Waals surface area contributed by atoms with Gasteiger partial charge in [-0.3, -0.25) is 28.8 Å². The van der Waals surface area contributed by atoms with Crippen molar-refractivity contribution in [3.8, 4) is 38.4 Å². The van der Waals surface area contributed by atoms with E-state index in [-0.39, 0.29) is 137 Å². The maximum Gasteiger partial charge on any atom is 0.355 e. The van der Waals surface area contributed by atoms with Gasteiger partial charge in [-0.05, 0) is 73.6 Å². The number of carbonyl (C=O) groups is 8. The van der Waals surface area contributed by atoms with Gasteiger partial charge < -0.3 is 90.1 Å². The van der Waals surface area contributed by atoms with Gasteiger partial charge in [-0.2, -0.15) is 0 Å². The molecular formula is C65H71N15O17S5. The lowest BCUT2D eigenvalue weighted by Crippen LogP contribution is -2.62. The number of aromatic amines is 1. The second-order valence-electron chi connectivity index (χ2n) is 24.9. The molecule has 0 radical (unpaired) electrons. The van der Waals surface area contributed by atoms with Crippen LogP contribution in [0.4, 0.5) is 0 Å². The Bertz CT molecular complexity index is 4590. The van der Waals surface area contributed by atoms with E-state index in [1.807, 2.05) is 4.90 Å². The Balaban J connectivity index is 1.01. The third kappa shape index (κ3) is 15.3. The average molecular weight is 1490 g/mol. The van der Waals surface area contributed by atoms with E-state index in [0.29, 0.717) is 16.5 Å². The van der Waals surface area contributed by atoms with Gasteiger partial charge in [0.1, 0.15) is 125 Å². The molecule has 0 saturated carbocycles. The number of aliphatic hydroxyl groups excluding tert-OH is 1. The number of ether oxygens (including phenoxy) is 7. The number of hydrogen-bond acceptors (Lipinski definition) is 30. The lowest BCUT2D eigenvalue weighted by molar-refractivity contribution is -0.280. The first-order chi connectivity index (χ1) is 48.8. The van der Waals surface area contributed by atoms with Crippen molar-refractivity contribution in [3.63, 3.8) is 0 Å². The predicted molar refractivity (Wildman–Crippen MR) is 372 cm³/mol. The predicted octanol–water partition coefficient (Wildman–Crippen LogP) is 4.16. The largest absolute Gasteiger partial charge is 0.499 e. The highest BCUT2D eigenvalue weighted by atomic mass is 32.1. The van der Waals surface area contributed by atoms with Gasteiger partial charge in [0.25, 0.3) is 23.6 Å². The molecule has 11 heterocycles. The molecule has 6 amide bonds. The number of pyridine rings is 1. The monoisotopic (exact) mass is 1490 g/mol. The summed E-state index contributed by atoms with van der Waals surface area (Å²) in [5, 5.41) is 48.4. The molecule has 1 saturated heterocycles. The van der Waals surface area contributed by atoms with Gasteiger partial charge in [-0.1, -0.05) is 12.1 Å². The minimum atomic E-state index is -1.84. The van der Waals surface area contributed by atoms with Crippen LogP contribution in [0, 0.1) is 0 Å². The normalized spacial score (nSPS) is 23.6. The van der Waals surface area contributed by atoms with E-state index in [0.717, 1.165) is 56.7 Å². The zero-order chi connectivity index (χ0) is 72.6. The zero-order valence-electron chi connectivity index (χ0n) is 56.5. The standard InChI is InChI=1S/C65H71N15O17S5/c1-27(81)44-57(87)77-45(28(2)91-9)60-73-39(26-100-60)56(86)78-49-50-51(97-42-17-65(4,90)52(80(7)8)29(3)96-42)64(89)94-19-30-12-11-13-33-43(30)32(20-93-50)47(68-33)63(88)95-21-34(69-54(84)37-25-102-62(49)74-37)59-70-35(22-99-59)46-31(58-71-38(24-98-58)55(85)76-44)16-40(92-10)48(75-46)61-72-36(23-101-61)53(83)67-15-14-66-41(82)18-79(5)6/h11-13,16,22-27,29,34,42,44,49-52,68,81,90H,14-15,17-21H2,1-10H3,(H,66,82)(H,67,83)(H,69,84)(H,76,85)(H,77,87)(H,78,86)/b45-28+. The van der Waals surface area contributed by atoms with Gasteiger partial charge >= 0.3 is 11.9 Å². The Morgan fingerprint density at radius 2 is 1.47 bits per heavy atom. The van der Waals surface area contributed by atoms with E-state index in [4.69, 9.17) is 53.1 Å². The number of thiazole rings is 5. The number of fused-ring (bicyclic) bond motifs is 15. The van der Waals surface area contributed by atoms with Crippen molar-refractivity contribution in [3.05, 3.63) is 112 Å². The molecule has 12 rings (SSSR count). The minimum Gasteiger partial charge on any atom is -0.499 e. The Labute approximate surface area is 601 Å². The number of aliphatic hydroxyl groups is 2. The van der Waals surface area contributed by atoms with Crippen LogP contribution >= 0.6 is 56.7 Å². The molecular weight excluding hydrogens is 1420 g/mol. The molecule has 102 heavy (non-hydrogen) atoms. The van der Waals surface area contributed by atoms with Crippen molar-refractivity contribution in [1.29, 1.82) is 0 Å². The summed E-state index contributed by atoms with van der Waals surface area (Å²) < 4.78 is 44.0. The lowest BCUT2D eigenvalue weighted by atomic mass is 9.85. The Kier molecular flexibility index (Phi) is 21.7. The molecule has 32 nitrogen and oxygen atoms in total. The third-order valence-corrected chi connectivity index (χ3v) is 21.5. The van der Waals surface area contributed by atoms with E-state index in [2.05, 4.69) is 46.9 Å². The van der Waals surface area contributed by atoms with Crippen LogP contribution in [0.2, 0.25) is 0 Å². The number of nitrogens with one attached hydrogen (secondary N) is 7. The SMILES string of the molecule is CO/C(C)=C1/NC(=O)C(C(C)O)NC(=O)c2csc(n2)-c2cc(OC)c(-c3nc(C(=O)NCCNC(=O)CN(C)C)cs3)nc2-c2csc(n2)C2COC(=O)c3[nH]c4cccc5c4c3COC(C(OC3CC(C)(O)C(N(C)C)C(C)O3)C(=O)OC5)C(NC(=O)c3csc1n3)c1nc(cs1)C(=O)N2. The van der Waals surface area contributed by atoms with Crippen LogP contribution in [0.15, 0.2) is 56.9 Å². The van der Waals surface area contributed by atoms with Crippen molar-refractivity contribution < 1.29 is 81.7 Å². The Hall–Kier alpha value is -9.12. The smallest absolute Gasteiger partial charge is 0.355 e. The van der Waals surface area contributed by atoms with E-state index in [9.17, 15) is 29.4 Å². The summed E-state index contributed by atoms with van der Waals surface area (Å²) in [4.78, 5) is 151. The first-order valence-corrected chi connectivity index (χ1v) is 36.2. The summed E-state index contributed by atoms with van der Waals surface area (Å²) in [5.41, 5.74) is -0.381. The molecule has 10 atom stereocenters. The van der Waals surface area contributed by atoms with Crippen molar-refractivity contribution in [1.82, 2.24) is 76.6 Å². The molecule has 538 valence electrons. The topological polar surface area (TPSA) is 413 Å². The number of nitrogens with zero attached hydrogens (tertiary/aromatic N) is 8. The van der Waals surface area contributed by atoms with Crippen LogP contribution in [0.3, 0.4) is 0 Å². The van der Waals surface area contributed by atoms with E-state index in [1.54, 1.807) is 76.6 Å². The fourth-order valence-electron chi connectivity index (χ4n) is 12.3. The van der Waals surface area contributed by atoms with E-state index < -0.39 is 115 Å². The first kappa shape index (κ1) is 72.7. The number of carbonyl (C=O) groups excluding carboxylic acids is 8. The summed E-state index contributed by atoms with van der Waals surface area (Å²) in [5.74, 6) is -5.94. The van der Waals surface area contributed by atoms with Gasteiger partial charge in [0.15, 0.2) is 12.4 Å². The van der Waals surface area contributed by atoms with Crippen molar-refractivity contribution in [2.75, 3.05) is 68.7 Å². The molecule has 8 aromatic rings. The quantitative estimate of drug-likeness (QED) is 0.0444. The number of methoxy groups -OCH3 is 2. The summed E-state index contributed by atoms with van der Waals surface area (Å²) in [6, 6.07) is 1.71. The highest BCUT2D eigenvalue weighted by molar-refractivity contribution is 7.14. The highest BCUT2D eigenvalue weighted by Gasteiger charge is 2.50. The average Bonchev–Trinajstić information content (AvgIpc) is 1.35. The highest BCUT2D eigenvalue weighted by Crippen LogP contribution is 2.43. The molecule has 9 N–H and O–H groups in total. The number of cyclic esters (lactones) is 2. The van der Waals surface area contributed by atoms with Gasteiger partial charge in [0.2, 0.25) is 11.8 Å². The number of rotatable bonds is 13. The number of H-pyrrole nitrogens is 1. The van der Waals surface area contributed by atoms with Crippen molar-refractivity contribution in [2.45, 2.75) is 108 Å². The Morgan fingerprint density at radius 1 is 0.794 bits per heavy atom. The van der Waals surface area contributed by atoms with E-state index in [1.165, 1.54) is 49.6 Å². The number of hydrogen-bond donors (Lipinski definition) is 9. The number of esters is 2. The number of aromatic nitrogens is 7. The summed E-state index contributed by atoms with van der Waals surface area (Å²) in [6.45, 7) is 5.20. The second kappa shape index (κ2) is 30.4. The molecule has 1 fully saturated rings. The molecule has 37 heteroatoms. The maximum absolute atomic E-state index is 15.2. The number of amides is 6. The summed E-state index contributed by atoms with van der Waals surface area (Å²) in [7, 11) is 9.83. The van der Waals surface area contributed by atoms with Crippen LogP contribution in [0.5, 0.6) is 5.75 Å². The van der Waals surface area contributed by atoms with Gasteiger partial charge in [-0.25, -0.2) is 39.5 Å². The van der Waals surface area contributed by atoms with Gasteiger partial charge in [0.05, 0.1) is 51.2 Å². The maximum atomic E-state index is 15.2. The molecule has 12 bridgehead atoms. The first-order valence-electron chi connectivity index (χ1n) is 31.8. The van der Waals surface area contributed by atoms with Crippen molar-refractivity contribution >= 4 is 121 Å². The fourth-order valence-corrected chi connectivity index (χ4v) is 16.5. The zero-order valence-corrected chi connectivity index (χ0v) is 60.6. The van der Waals surface area contributed by atoms with Crippen LogP contribution < -0.4 is 36.6 Å². The number of benzene rings is 1. The minimum absolute atomic E-state index is 0.00995. The molecule has 0 spiro atoms.